The number of ether oxygens (including phenoxy) is 2. The second-order valence-corrected chi connectivity index (χ2v) is 5.74. The highest BCUT2D eigenvalue weighted by molar-refractivity contribution is 4.91. The molecule has 0 radical (unpaired) electrons. The molecule has 0 aromatic rings. The number of hydrogen-bond donors (Lipinski definition) is 2. The Morgan fingerprint density at radius 3 is 2.24 bits per heavy atom. The van der Waals surface area contributed by atoms with E-state index in [0.29, 0.717) is 31.8 Å². The van der Waals surface area contributed by atoms with Crippen LogP contribution in [0.3, 0.4) is 0 Å². The number of aliphatic hydroxyl groups is 1. The molecule has 1 aliphatic rings. The molecule has 17 heavy (non-hydrogen) atoms. The van der Waals surface area contributed by atoms with Crippen molar-refractivity contribution in [2.45, 2.75) is 45.1 Å². The van der Waals surface area contributed by atoms with Crippen molar-refractivity contribution in [3.05, 3.63) is 0 Å². The van der Waals surface area contributed by atoms with Gasteiger partial charge < -0.3 is 20.3 Å². The lowest BCUT2D eigenvalue weighted by molar-refractivity contribution is -0.0974. The van der Waals surface area contributed by atoms with Crippen LogP contribution in [0.5, 0.6) is 0 Å². The summed E-state index contributed by atoms with van der Waals surface area (Å²) in [6.45, 7) is 6.74. The molecule has 1 aliphatic carbocycles. The summed E-state index contributed by atoms with van der Waals surface area (Å²) in [6.07, 6.45) is 4.41. The van der Waals surface area contributed by atoms with Gasteiger partial charge in [-0.15, -0.1) is 0 Å². The Kier molecular flexibility index (Phi) is 5.86. The van der Waals surface area contributed by atoms with E-state index in [4.69, 9.17) is 20.3 Å². The fourth-order valence-electron chi connectivity index (χ4n) is 2.27. The van der Waals surface area contributed by atoms with E-state index in [1.165, 1.54) is 12.8 Å². The number of rotatable bonds is 7. The third kappa shape index (κ3) is 4.92. The molecule has 1 saturated carbocycles. The average molecular weight is 245 g/mol. The summed E-state index contributed by atoms with van der Waals surface area (Å²) in [7, 11) is 0. The van der Waals surface area contributed by atoms with Crippen molar-refractivity contribution in [2.75, 3.05) is 33.0 Å². The third-order valence-electron chi connectivity index (χ3n) is 3.76. The van der Waals surface area contributed by atoms with Gasteiger partial charge in [0.25, 0.3) is 0 Å². The van der Waals surface area contributed by atoms with Crippen molar-refractivity contribution in [2.24, 2.45) is 11.1 Å². The maximum absolute atomic E-state index is 8.58. The summed E-state index contributed by atoms with van der Waals surface area (Å²) in [6, 6.07) is 0. The molecule has 4 heteroatoms. The van der Waals surface area contributed by atoms with Crippen molar-refractivity contribution in [3.8, 4) is 0 Å². The predicted octanol–water partition coefficient (Wildman–Crippen LogP) is 1.31. The molecule has 0 saturated heterocycles. The average Bonchev–Trinajstić information content (AvgIpc) is 2.32. The van der Waals surface area contributed by atoms with Gasteiger partial charge in [0.05, 0.1) is 32.0 Å². The molecule has 4 nitrogen and oxygen atoms in total. The Morgan fingerprint density at radius 1 is 1.06 bits per heavy atom. The van der Waals surface area contributed by atoms with Gasteiger partial charge in [-0.3, -0.25) is 0 Å². The molecule has 0 bridgehead atoms. The van der Waals surface area contributed by atoms with Crippen LogP contribution in [-0.4, -0.2) is 43.7 Å². The first kappa shape index (κ1) is 14.9. The number of nitrogens with two attached hydrogens (primary N) is 1. The second-order valence-electron chi connectivity index (χ2n) is 5.74. The lowest BCUT2D eigenvalue weighted by atomic mass is 9.71. The van der Waals surface area contributed by atoms with Crippen LogP contribution in [0.4, 0.5) is 0 Å². The van der Waals surface area contributed by atoms with E-state index in [1.54, 1.807) is 0 Å². The smallest absolute Gasteiger partial charge is 0.0805 e. The van der Waals surface area contributed by atoms with Crippen molar-refractivity contribution in [3.63, 3.8) is 0 Å². The quantitative estimate of drug-likeness (QED) is 0.664. The topological polar surface area (TPSA) is 64.7 Å². The molecule has 102 valence electrons. The molecule has 0 spiro atoms. The van der Waals surface area contributed by atoms with Gasteiger partial charge in [0, 0.05) is 6.54 Å². The van der Waals surface area contributed by atoms with Gasteiger partial charge >= 0.3 is 0 Å². The van der Waals surface area contributed by atoms with E-state index >= 15 is 0 Å². The Labute approximate surface area is 104 Å². The van der Waals surface area contributed by atoms with E-state index < -0.39 is 0 Å². The van der Waals surface area contributed by atoms with Crippen molar-refractivity contribution in [1.82, 2.24) is 0 Å². The van der Waals surface area contributed by atoms with Gasteiger partial charge in [0.15, 0.2) is 0 Å². The maximum atomic E-state index is 8.58. The number of aliphatic hydroxyl groups excluding tert-OH is 1. The fraction of sp³-hybridized carbons (Fsp3) is 1.00. The molecule has 0 heterocycles. The van der Waals surface area contributed by atoms with Crippen molar-refractivity contribution < 1.29 is 14.6 Å². The van der Waals surface area contributed by atoms with E-state index in [2.05, 4.69) is 13.8 Å². The largest absolute Gasteiger partial charge is 0.394 e. The molecule has 0 unspecified atom stereocenters. The Hall–Kier alpha value is -0.160. The first-order chi connectivity index (χ1) is 8.04. The van der Waals surface area contributed by atoms with Gasteiger partial charge in [-0.05, 0) is 31.1 Å². The van der Waals surface area contributed by atoms with E-state index in [1.807, 2.05) is 0 Å². The first-order valence-electron chi connectivity index (χ1n) is 6.56. The van der Waals surface area contributed by atoms with E-state index in [9.17, 15) is 0 Å². The SMILES string of the molecule is CC1(C)CCC(CN)(OCCOCCO)CC1. The highest BCUT2D eigenvalue weighted by Gasteiger charge is 2.37. The standard InChI is InChI=1S/C13H27NO3/c1-12(2)3-5-13(11-14,6-4-12)17-10-9-16-8-7-15/h15H,3-11,14H2,1-2H3. The molecular formula is C13H27NO3. The zero-order valence-electron chi connectivity index (χ0n) is 11.2. The molecule has 0 aromatic heterocycles. The maximum Gasteiger partial charge on any atom is 0.0805 e. The predicted molar refractivity (Wildman–Crippen MR) is 67.9 cm³/mol. The molecule has 0 atom stereocenters. The minimum Gasteiger partial charge on any atom is -0.394 e. The zero-order chi connectivity index (χ0) is 12.8. The highest BCUT2D eigenvalue weighted by Crippen LogP contribution is 2.41. The minimum atomic E-state index is -0.141. The van der Waals surface area contributed by atoms with Crippen LogP contribution in [0.2, 0.25) is 0 Å². The first-order valence-corrected chi connectivity index (χ1v) is 6.56. The van der Waals surface area contributed by atoms with Crippen LogP contribution >= 0.6 is 0 Å². The fourth-order valence-corrected chi connectivity index (χ4v) is 2.27. The zero-order valence-corrected chi connectivity index (χ0v) is 11.2. The van der Waals surface area contributed by atoms with Gasteiger partial charge in [-0.1, -0.05) is 13.8 Å². The Balaban J connectivity index is 2.27. The molecule has 0 amide bonds. The lowest BCUT2D eigenvalue weighted by Crippen LogP contribution is -2.46. The normalized spacial score (nSPS) is 22.6. The van der Waals surface area contributed by atoms with Crippen molar-refractivity contribution in [1.29, 1.82) is 0 Å². The van der Waals surface area contributed by atoms with Crippen molar-refractivity contribution >= 4 is 0 Å². The van der Waals surface area contributed by atoms with Crippen LogP contribution in [0.25, 0.3) is 0 Å². The molecular weight excluding hydrogens is 218 g/mol. The molecule has 1 fully saturated rings. The van der Waals surface area contributed by atoms with Crippen LogP contribution in [0, 0.1) is 5.41 Å². The Morgan fingerprint density at radius 2 is 1.71 bits per heavy atom. The summed E-state index contributed by atoms with van der Waals surface area (Å²) >= 11 is 0. The summed E-state index contributed by atoms with van der Waals surface area (Å²) in [5.74, 6) is 0. The lowest BCUT2D eigenvalue weighted by Gasteiger charge is -2.42. The van der Waals surface area contributed by atoms with Gasteiger partial charge in [0.1, 0.15) is 0 Å². The monoisotopic (exact) mass is 245 g/mol. The van der Waals surface area contributed by atoms with Crippen LogP contribution < -0.4 is 5.73 Å². The summed E-state index contributed by atoms with van der Waals surface area (Å²) in [4.78, 5) is 0. The second kappa shape index (κ2) is 6.69. The molecule has 0 aliphatic heterocycles. The van der Waals surface area contributed by atoms with Crippen LogP contribution in [-0.2, 0) is 9.47 Å². The molecule has 3 N–H and O–H groups in total. The summed E-state index contributed by atoms with van der Waals surface area (Å²) in [5, 5.41) is 8.58. The number of hydrogen-bond acceptors (Lipinski definition) is 4. The summed E-state index contributed by atoms with van der Waals surface area (Å²) < 4.78 is 11.1. The highest BCUT2D eigenvalue weighted by atomic mass is 16.5. The summed E-state index contributed by atoms with van der Waals surface area (Å²) in [5.41, 5.74) is 6.15. The van der Waals surface area contributed by atoms with E-state index in [-0.39, 0.29) is 12.2 Å². The van der Waals surface area contributed by atoms with Gasteiger partial charge in [0.2, 0.25) is 0 Å². The molecule has 0 aromatic carbocycles. The minimum absolute atomic E-state index is 0.0657. The van der Waals surface area contributed by atoms with Crippen LogP contribution in [0.15, 0.2) is 0 Å². The van der Waals surface area contributed by atoms with Crippen LogP contribution in [0.1, 0.15) is 39.5 Å². The molecule has 1 rings (SSSR count). The van der Waals surface area contributed by atoms with Gasteiger partial charge in [-0.2, -0.15) is 0 Å². The Bertz CT molecular complexity index is 209. The third-order valence-corrected chi connectivity index (χ3v) is 3.76. The van der Waals surface area contributed by atoms with Gasteiger partial charge in [-0.25, -0.2) is 0 Å². The van der Waals surface area contributed by atoms with E-state index in [0.717, 1.165) is 12.8 Å².